The smallest absolute Gasteiger partial charge is 0.267 e. The quantitative estimate of drug-likeness (QED) is 0.281. The summed E-state index contributed by atoms with van der Waals surface area (Å²) in [4.78, 5) is 26.5. The zero-order chi connectivity index (χ0) is 24.5. The molecule has 1 aliphatic heterocycles. The lowest BCUT2D eigenvalue weighted by Crippen LogP contribution is -2.54. The monoisotopic (exact) mass is 464 g/mol. The summed E-state index contributed by atoms with van der Waals surface area (Å²) in [5, 5.41) is 11.3. The fourth-order valence-electron chi connectivity index (χ4n) is 3.83. The third-order valence-corrected chi connectivity index (χ3v) is 5.93. The number of amides is 2. The lowest BCUT2D eigenvalue weighted by atomic mass is 10.1. The number of nitrogens with zero attached hydrogens (tertiary/aromatic N) is 1. The molecule has 1 aliphatic rings. The number of ether oxygens (including phenoxy) is 1. The van der Waals surface area contributed by atoms with Crippen molar-refractivity contribution in [2.45, 2.75) is 44.5 Å². The van der Waals surface area contributed by atoms with Crippen LogP contribution in [0.1, 0.15) is 46.8 Å². The van der Waals surface area contributed by atoms with Crippen LogP contribution in [0.25, 0.3) is 0 Å². The van der Waals surface area contributed by atoms with Gasteiger partial charge in [0.1, 0.15) is 6.04 Å². The molecule has 2 aromatic rings. The third kappa shape index (κ3) is 7.14. The van der Waals surface area contributed by atoms with Crippen LogP contribution in [-0.2, 0) is 16.1 Å². The Bertz CT molecular complexity index is 1020. The number of hydroxylamine groups is 1. The molecular formula is C26H32N4O4. The van der Waals surface area contributed by atoms with Crippen molar-refractivity contribution in [1.29, 1.82) is 0 Å². The molecule has 0 spiro atoms. The van der Waals surface area contributed by atoms with Gasteiger partial charge in [0.25, 0.3) is 11.8 Å². The fourth-order valence-corrected chi connectivity index (χ4v) is 3.83. The van der Waals surface area contributed by atoms with Gasteiger partial charge in [-0.05, 0) is 61.7 Å². The van der Waals surface area contributed by atoms with Crippen LogP contribution in [0.4, 0.5) is 0 Å². The maximum Gasteiger partial charge on any atom is 0.267 e. The highest BCUT2D eigenvalue weighted by Crippen LogP contribution is 2.16. The first-order valence-electron chi connectivity index (χ1n) is 11.4. The maximum atomic E-state index is 12.4. The molecule has 8 nitrogen and oxygen atoms in total. The third-order valence-electron chi connectivity index (χ3n) is 5.93. The summed E-state index contributed by atoms with van der Waals surface area (Å²) in [7, 11) is 1.78. The van der Waals surface area contributed by atoms with E-state index >= 15 is 0 Å². The van der Waals surface area contributed by atoms with Crippen LogP contribution in [0, 0.1) is 11.8 Å². The minimum absolute atomic E-state index is 0.362. The van der Waals surface area contributed by atoms with Crippen molar-refractivity contribution in [2.24, 2.45) is 5.73 Å². The molecule has 0 unspecified atom stereocenters. The van der Waals surface area contributed by atoms with E-state index in [2.05, 4.69) is 34.2 Å². The molecule has 8 heteroatoms. The van der Waals surface area contributed by atoms with Gasteiger partial charge >= 0.3 is 0 Å². The van der Waals surface area contributed by atoms with Gasteiger partial charge < -0.3 is 15.8 Å². The summed E-state index contributed by atoms with van der Waals surface area (Å²) in [5.74, 6) is 5.01. The number of rotatable bonds is 7. The minimum atomic E-state index is -1.04. The van der Waals surface area contributed by atoms with Gasteiger partial charge in [-0.3, -0.25) is 19.7 Å². The van der Waals surface area contributed by atoms with Crippen LogP contribution in [0.15, 0.2) is 48.5 Å². The highest BCUT2D eigenvalue weighted by Gasteiger charge is 2.24. The molecular weight excluding hydrogens is 432 g/mol. The normalized spacial score (nSPS) is 16.1. The molecule has 0 saturated carbocycles. The second kappa shape index (κ2) is 12.3. The Morgan fingerprint density at radius 3 is 2.15 bits per heavy atom. The molecule has 0 aromatic heterocycles. The zero-order valence-electron chi connectivity index (χ0n) is 19.6. The van der Waals surface area contributed by atoms with Crippen LogP contribution in [0.5, 0.6) is 0 Å². The molecule has 1 saturated heterocycles. The Morgan fingerprint density at radius 1 is 1.09 bits per heavy atom. The van der Waals surface area contributed by atoms with Gasteiger partial charge in [0.05, 0.1) is 6.10 Å². The fraction of sp³-hybridized carbons (Fsp3) is 0.385. The first-order valence-corrected chi connectivity index (χ1v) is 11.4. The van der Waals surface area contributed by atoms with E-state index in [4.69, 9.17) is 15.7 Å². The first-order chi connectivity index (χ1) is 16.4. The number of hydrogen-bond acceptors (Lipinski definition) is 6. The van der Waals surface area contributed by atoms with Gasteiger partial charge in [-0.2, -0.15) is 0 Å². The molecule has 34 heavy (non-hydrogen) atoms. The van der Waals surface area contributed by atoms with E-state index in [1.54, 1.807) is 38.3 Å². The average molecular weight is 465 g/mol. The Kier molecular flexibility index (Phi) is 9.19. The predicted octanol–water partition coefficient (Wildman–Crippen LogP) is 1.65. The van der Waals surface area contributed by atoms with E-state index in [0.717, 1.165) is 43.6 Å². The standard InChI is InChI=1S/C26H32N4O4/c1-18(27)24(26(32)29-33)28-25(31)22-11-9-20(10-12-22)4-3-19-5-7-21(8-6-19)17-30-15-13-23(34-2)14-16-30/h5-12,18,23-24,33H,13-17,27H2,1-2H3,(H,28,31)(H,29,32)/t18-,24+/m1/s1. The lowest BCUT2D eigenvalue weighted by molar-refractivity contribution is -0.131. The van der Waals surface area contributed by atoms with Crippen LogP contribution in [0.3, 0.4) is 0 Å². The van der Waals surface area contributed by atoms with Gasteiger partial charge in [0.2, 0.25) is 0 Å². The molecule has 2 amide bonds. The van der Waals surface area contributed by atoms with E-state index in [1.807, 2.05) is 12.1 Å². The van der Waals surface area contributed by atoms with Crippen molar-refractivity contribution >= 4 is 11.8 Å². The number of nitrogens with one attached hydrogen (secondary N) is 2. The number of carbonyl (C=O) groups excluding carboxylic acids is 2. The van der Waals surface area contributed by atoms with Crippen LogP contribution in [-0.4, -0.2) is 60.3 Å². The highest BCUT2D eigenvalue weighted by atomic mass is 16.5. The van der Waals surface area contributed by atoms with Gasteiger partial charge in [-0.1, -0.05) is 24.0 Å². The van der Waals surface area contributed by atoms with Crippen molar-refractivity contribution < 1.29 is 19.5 Å². The van der Waals surface area contributed by atoms with Crippen molar-refractivity contribution in [3.63, 3.8) is 0 Å². The SMILES string of the molecule is COC1CCN(Cc2ccc(C#Cc3ccc(C(=O)N[C@H](C(=O)NO)[C@@H](C)N)cc3)cc2)CC1. The van der Waals surface area contributed by atoms with Crippen molar-refractivity contribution in [3.05, 3.63) is 70.8 Å². The molecule has 1 fully saturated rings. The number of methoxy groups -OCH3 is 1. The van der Waals surface area contributed by atoms with Gasteiger partial charge in [0.15, 0.2) is 0 Å². The molecule has 2 aromatic carbocycles. The first kappa shape index (κ1) is 25.4. The van der Waals surface area contributed by atoms with Crippen molar-refractivity contribution in [2.75, 3.05) is 20.2 Å². The lowest BCUT2D eigenvalue weighted by Gasteiger charge is -2.31. The van der Waals surface area contributed by atoms with Crippen LogP contribution >= 0.6 is 0 Å². The number of piperidine rings is 1. The van der Waals surface area contributed by atoms with Gasteiger partial charge in [-0.25, -0.2) is 5.48 Å². The summed E-state index contributed by atoms with van der Waals surface area (Å²) < 4.78 is 5.43. The van der Waals surface area contributed by atoms with Crippen LogP contribution in [0.2, 0.25) is 0 Å². The van der Waals surface area contributed by atoms with Gasteiger partial charge in [-0.15, -0.1) is 0 Å². The van der Waals surface area contributed by atoms with E-state index in [9.17, 15) is 9.59 Å². The second-order valence-electron chi connectivity index (χ2n) is 8.52. The number of nitrogens with two attached hydrogens (primary N) is 1. The largest absolute Gasteiger partial charge is 0.381 e. The summed E-state index contributed by atoms with van der Waals surface area (Å²) in [6.07, 6.45) is 2.54. The average Bonchev–Trinajstić information content (AvgIpc) is 2.87. The van der Waals surface area contributed by atoms with Crippen molar-refractivity contribution in [3.8, 4) is 11.8 Å². The van der Waals surface area contributed by atoms with E-state index in [1.165, 1.54) is 11.0 Å². The number of carbonyl (C=O) groups is 2. The number of hydrogen-bond donors (Lipinski definition) is 4. The Morgan fingerprint density at radius 2 is 1.65 bits per heavy atom. The number of benzene rings is 2. The van der Waals surface area contributed by atoms with E-state index in [-0.39, 0.29) is 0 Å². The topological polar surface area (TPSA) is 117 Å². The Labute approximate surface area is 200 Å². The molecule has 1 heterocycles. The molecule has 0 aliphatic carbocycles. The molecule has 2 atom stereocenters. The summed E-state index contributed by atoms with van der Waals surface area (Å²) in [5.41, 5.74) is 10.5. The van der Waals surface area contributed by atoms with Crippen LogP contribution < -0.4 is 16.5 Å². The zero-order valence-corrected chi connectivity index (χ0v) is 19.6. The minimum Gasteiger partial charge on any atom is -0.381 e. The molecule has 180 valence electrons. The second-order valence-corrected chi connectivity index (χ2v) is 8.52. The van der Waals surface area contributed by atoms with Crippen molar-refractivity contribution in [1.82, 2.24) is 15.7 Å². The Hall–Kier alpha value is -3.22. The molecule has 0 bridgehead atoms. The highest BCUT2D eigenvalue weighted by molar-refractivity contribution is 5.97. The van der Waals surface area contributed by atoms with E-state index in [0.29, 0.717) is 11.7 Å². The Balaban J connectivity index is 1.56. The van der Waals surface area contributed by atoms with E-state index < -0.39 is 23.9 Å². The molecule has 3 rings (SSSR count). The maximum absolute atomic E-state index is 12.4. The van der Waals surface area contributed by atoms with Gasteiger partial charge in [0, 0.05) is 49.5 Å². The summed E-state index contributed by atoms with van der Waals surface area (Å²) in [6.45, 7) is 4.59. The molecule has 5 N–H and O–H groups in total. The number of likely N-dealkylation sites (tertiary alicyclic amines) is 1. The summed E-state index contributed by atoms with van der Waals surface area (Å²) >= 11 is 0. The predicted molar refractivity (Wildman–Crippen MR) is 129 cm³/mol. The summed E-state index contributed by atoms with van der Waals surface area (Å²) in [6, 6.07) is 13.3. The molecule has 0 radical (unpaired) electrons.